The molecule has 2 heterocycles. The highest BCUT2D eigenvalue weighted by Crippen LogP contribution is 2.35. The lowest BCUT2D eigenvalue weighted by molar-refractivity contribution is -0.188. The second-order valence-electron chi connectivity index (χ2n) is 6.41. The molecule has 0 radical (unpaired) electrons. The number of ether oxygens (including phenoxy) is 3. The molecule has 4 atom stereocenters. The van der Waals surface area contributed by atoms with E-state index in [0.717, 1.165) is 51.6 Å². The van der Waals surface area contributed by atoms with Gasteiger partial charge in [0.1, 0.15) is 6.10 Å². The average molecular weight is 294 g/mol. The summed E-state index contributed by atoms with van der Waals surface area (Å²) in [5.41, 5.74) is 0. The molecule has 0 aromatic carbocycles. The molecule has 3 aliphatic rings. The van der Waals surface area contributed by atoms with E-state index in [2.05, 4.69) is 12.2 Å². The molecule has 4 unspecified atom stereocenters. The molecule has 2 fully saturated rings. The van der Waals surface area contributed by atoms with Crippen LogP contribution in [0.25, 0.3) is 0 Å². The minimum atomic E-state index is -0.0509. The van der Waals surface area contributed by atoms with Crippen molar-refractivity contribution >= 4 is 5.97 Å². The Labute approximate surface area is 126 Å². The van der Waals surface area contributed by atoms with Crippen LogP contribution in [-0.4, -0.2) is 31.1 Å². The van der Waals surface area contributed by atoms with E-state index in [1.165, 1.54) is 6.42 Å². The third kappa shape index (κ3) is 4.30. The minimum absolute atomic E-state index is 0.0221. The minimum Gasteiger partial charge on any atom is -0.462 e. The number of fused-ring (bicyclic) bond motifs is 1. The second-order valence-corrected chi connectivity index (χ2v) is 6.41. The van der Waals surface area contributed by atoms with E-state index >= 15 is 0 Å². The summed E-state index contributed by atoms with van der Waals surface area (Å²) in [6, 6.07) is 0. The molecule has 0 amide bonds. The zero-order valence-electron chi connectivity index (χ0n) is 12.7. The number of carbonyl (C=O) groups excluding carboxylic acids is 1. The molecule has 0 spiro atoms. The van der Waals surface area contributed by atoms with Crippen LogP contribution in [-0.2, 0) is 19.0 Å². The van der Waals surface area contributed by atoms with Crippen molar-refractivity contribution in [1.82, 2.24) is 0 Å². The number of hydrogen-bond donors (Lipinski definition) is 0. The van der Waals surface area contributed by atoms with Gasteiger partial charge in [-0.05, 0) is 44.9 Å². The first-order chi connectivity index (χ1) is 10.3. The summed E-state index contributed by atoms with van der Waals surface area (Å²) < 4.78 is 17.4. The Bertz CT molecular complexity index is 373. The van der Waals surface area contributed by atoms with Gasteiger partial charge in [-0.25, -0.2) is 0 Å². The Kier molecular flexibility index (Phi) is 5.31. The van der Waals surface area contributed by atoms with Crippen LogP contribution in [0.2, 0.25) is 0 Å². The van der Waals surface area contributed by atoms with Crippen LogP contribution < -0.4 is 0 Å². The molecule has 1 aliphatic carbocycles. The fourth-order valence-electron chi connectivity index (χ4n) is 3.55. The standard InChI is InChI=1S/C17H26O4/c18-16-8-4-2-1-3-7-13-11-14(12-15(13)21-16)20-17-9-5-6-10-19-17/h1,3,13-15,17H,2,4-12H2. The van der Waals surface area contributed by atoms with Gasteiger partial charge in [-0.15, -0.1) is 0 Å². The van der Waals surface area contributed by atoms with Crippen molar-refractivity contribution in [3.63, 3.8) is 0 Å². The van der Waals surface area contributed by atoms with Crippen molar-refractivity contribution < 1.29 is 19.0 Å². The van der Waals surface area contributed by atoms with Gasteiger partial charge in [0, 0.05) is 25.4 Å². The number of rotatable bonds is 2. The molecular formula is C17H26O4. The van der Waals surface area contributed by atoms with Crippen molar-refractivity contribution in [2.75, 3.05) is 6.61 Å². The molecule has 1 saturated carbocycles. The molecular weight excluding hydrogens is 268 g/mol. The molecule has 4 heteroatoms. The second kappa shape index (κ2) is 7.41. The van der Waals surface area contributed by atoms with Crippen LogP contribution in [0.1, 0.15) is 57.8 Å². The summed E-state index contributed by atoms with van der Waals surface area (Å²) in [5.74, 6) is 0.353. The van der Waals surface area contributed by atoms with E-state index in [9.17, 15) is 4.79 Å². The monoisotopic (exact) mass is 294 g/mol. The number of allylic oxidation sites excluding steroid dienone is 2. The maximum Gasteiger partial charge on any atom is 0.306 e. The van der Waals surface area contributed by atoms with Gasteiger partial charge in [0.2, 0.25) is 0 Å². The smallest absolute Gasteiger partial charge is 0.306 e. The van der Waals surface area contributed by atoms with Crippen LogP contribution in [0.3, 0.4) is 0 Å². The van der Waals surface area contributed by atoms with E-state index in [0.29, 0.717) is 12.3 Å². The molecule has 0 aromatic heterocycles. The maximum atomic E-state index is 11.8. The average Bonchev–Trinajstić information content (AvgIpc) is 2.85. The summed E-state index contributed by atoms with van der Waals surface area (Å²) in [6.45, 7) is 0.808. The Morgan fingerprint density at radius 3 is 2.95 bits per heavy atom. The Morgan fingerprint density at radius 2 is 2.10 bits per heavy atom. The number of hydrogen-bond acceptors (Lipinski definition) is 4. The highest BCUT2D eigenvalue weighted by atomic mass is 16.7. The molecule has 0 aromatic rings. The van der Waals surface area contributed by atoms with Gasteiger partial charge < -0.3 is 14.2 Å². The molecule has 2 aliphatic heterocycles. The molecule has 118 valence electrons. The highest BCUT2D eigenvalue weighted by molar-refractivity contribution is 5.69. The predicted octanol–water partition coefficient (Wildman–Crippen LogP) is 3.35. The third-order valence-corrected chi connectivity index (χ3v) is 4.71. The lowest BCUT2D eigenvalue weighted by Crippen LogP contribution is -2.27. The fourth-order valence-corrected chi connectivity index (χ4v) is 3.55. The summed E-state index contributed by atoms with van der Waals surface area (Å²) >= 11 is 0. The van der Waals surface area contributed by atoms with E-state index in [1.54, 1.807) is 0 Å². The zero-order valence-corrected chi connectivity index (χ0v) is 12.7. The van der Waals surface area contributed by atoms with Gasteiger partial charge in [0.15, 0.2) is 6.29 Å². The Hall–Kier alpha value is -0.870. The van der Waals surface area contributed by atoms with Crippen LogP contribution in [0.4, 0.5) is 0 Å². The molecule has 4 nitrogen and oxygen atoms in total. The van der Waals surface area contributed by atoms with Gasteiger partial charge in [-0.1, -0.05) is 12.2 Å². The first-order valence-corrected chi connectivity index (χ1v) is 8.43. The number of carbonyl (C=O) groups is 1. The van der Waals surface area contributed by atoms with Gasteiger partial charge in [0.25, 0.3) is 0 Å². The fraction of sp³-hybridized carbons (Fsp3) is 0.824. The van der Waals surface area contributed by atoms with E-state index in [1.807, 2.05) is 0 Å². The van der Waals surface area contributed by atoms with Crippen molar-refractivity contribution in [2.24, 2.45) is 5.92 Å². The quantitative estimate of drug-likeness (QED) is 0.579. The first-order valence-electron chi connectivity index (χ1n) is 8.43. The molecule has 0 N–H and O–H groups in total. The maximum absolute atomic E-state index is 11.8. The molecule has 1 saturated heterocycles. The summed E-state index contributed by atoms with van der Waals surface area (Å²) in [6.07, 6.45) is 13.1. The van der Waals surface area contributed by atoms with Crippen molar-refractivity contribution in [3.05, 3.63) is 12.2 Å². The van der Waals surface area contributed by atoms with E-state index < -0.39 is 0 Å². The Balaban J connectivity index is 1.56. The van der Waals surface area contributed by atoms with E-state index in [4.69, 9.17) is 14.2 Å². The molecule has 21 heavy (non-hydrogen) atoms. The third-order valence-electron chi connectivity index (χ3n) is 4.71. The van der Waals surface area contributed by atoms with Crippen LogP contribution in [0, 0.1) is 5.92 Å². The van der Waals surface area contributed by atoms with E-state index in [-0.39, 0.29) is 24.5 Å². The molecule has 0 bridgehead atoms. The first kappa shape index (κ1) is 15.0. The normalized spacial score (nSPS) is 37.8. The van der Waals surface area contributed by atoms with Crippen LogP contribution in [0.5, 0.6) is 0 Å². The van der Waals surface area contributed by atoms with Gasteiger partial charge >= 0.3 is 5.97 Å². The lowest BCUT2D eigenvalue weighted by atomic mass is 10.00. The SMILES string of the molecule is O=C1CCCC=CCC2CC(OC3CCCCO3)CC2O1. The van der Waals surface area contributed by atoms with Crippen molar-refractivity contribution in [2.45, 2.75) is 76.3 Å². The highest BCUT2D eigenvalue weighted by Gasteiger charge is 2.38. The van der Waals surface area contributed by atoms with Crippen LogP contribution in [0.15, 0.2) is 12.2 Å². The predicted molar refractivity (Wildman–Crippen MR) is 78.7 cm³/mol. The summed E-state index contributed by atoms with van der Waals surface area (Å²) in [7, 11) is 0. The van der Waals surface area contributed by atoms with Gasteiger partial charge in [0.05, 0.1) is 6.10 Å². The van der Waals surface area contributed by atoms with Crippen LogP contribution >= 0.6 is 0 Å². The topological polar surface area (TPSA) is 44.8 Å². The van der Waals surface area contributed by atoms with Gasteiger partial charge in [-0.2, -0.15) is 0 Å². The zero-order chi connectivity index (χ0) is 14.5. The van der Waals surface area contributed by atoms with Crippen molar-refractivity contribution in [3.8, 4) is 0 Å². The number of esters is 1. The summed E-state index contributed by atoms with van der Waals surface area (Å²) in [5, 5.41) is 0. The largest absolute Gasteiger partial charge is 0.462 e. The van der Waals surface area contributed by atoms with Gasteiger partial charge in [-0.3, -0.25) is 4.79 Å². The lowest BCUT2D eigenvalue weighted by Gasteiger charge is -2.25. The summed E-state index contributed by atoms with van der Waals surface area (Å²) in [4.78, 5) is 11.8. The van der Waals surface area contributed by atoms with Crippen molar-refractivity contribution in [1.29, 1.82) is 0 Å². The Morgan fingerprint density at radius 1 is 1.14 bits per heavy atom. The molecule has 3 rings (SSSR count).